The van der Waals surface area contributed by atoms with Crippen LogP contribution in [0.1, 0.15) is 23.1 Å². The minimum absolute atomic E-state index is 0.301. The van der Waals surface area contributed by atoms with E-state index in [0.717, 1.165) is 29.2 Å². The number of nitrogens with zero attached hydrogens (tertiary/aromatic N) is 1. The maximum atomic E-state index is 12.4. The smallest absolute Gasteiger partial charge is 0.283 e. The Morgan fingerprint density at radius 1 is 0.923 bits per heavy atom. The maximum Gasteiger partial charge on any atom is 0.329 e. The molecule has 0 spiro atoms. The normalized spacial score (nSPS) is 10.8. The van der Waals surface area contributed by atoms with Crippen molar-refractivity contribution in [2.75, 3.05) is 5.75 Å². The van der Waals surface area contributed by atoms with Crippen molar-refractivity contribution in [3.63, 3.8) is 0 Å². The van der Waals surface area contributed by atoms with Crippen molar-refractivity contribution < 1.29 is 0 Å². The van der Waals surface area contributed by atoms with Gasteiger partial charge in [-0.25, -0.2) is 4.79 Å². The van der Waals surface area contributed by atoms with Crippen LogP contribution in [0.2, 0.25) is 0 Å². The van der Waals surface area contributed by atoms with Gasteiger partial charge in [-0.3, -0.25) is 14.3 Å². The molecule has 0 saturated carbocycles. The molecule has 5 heteroatoms. The summed E-state index contributed by atoms with van der Waals surface area (Å²) in [5, 5.41) is 0.760. The Morgan fingerprint density at radius 2 is 1.54 bits per heavy atom. The second kappa shape index (κ2) is 8.72. The molecule has 3 aromatic rings. The van der Waals surface area contributed by atoms with Crippen LogP contribution in [0.4, 0.5) is 0 Å². The van der Waals surface area contributed by atoms with Crippen molar-refractivity contribution in [3.8, 4) is 0 Å². The SMILES string of the molecule is Cc1c(SCCCc2ccccc2)n(Cc2ccccc2)c(=O)[nH]c1=O. The molecule has 0 radical (unpaired) electrons. The molecule has 0 fully saturated rings. The number of hydrogen-bond acceptors (Lipinski definition) is 3. The molecule has 0 unspecified atom stereocenters. The van der Waals surface area contributed by atoms with Gasteiger partial charge in [-0.15, -0.1) is 11.8 Å². The molecule has 26 heavy (non-hydrogen) atoms. The van der Waals surface area contributed by atoms with Gasteiger partial charge in [0.2, 0.25) is 0 Å². The zero-order valence-corrected chi connectivity index (χ0v) is 15.6. The fourth-order valence-electron chi connectivity index (χ4n) is 2.84. The van der Waals surface area contributed by atoms with E-state index in [9.17, 15) is 9.59 Å². The lowest BCUT2D eigenvalue weighted by molar-refractivity contribution is 0.641. The summed E-state index contributed by atoms with van der Waals surface area (Å²) in [5.41, 5.74) is 2.29. The number of nitrogens with one attached hydrogen (secondary N) is 1. The lowest BCUT2D eigenvalue weighted by atomic mass is 10.1. The molecule has 3 rings (SSSR count). The Labute approximate surface area is 156 Å². The number of benzene rings is 2. The van der Waals surface area contributed by atoms with Gasteiger partial charge < -0.3 is 0 Å². The Kier molecular flexibility index (Phi) is 6.12. The number of H-pyrrole nitrogens is 1. The van der Waals surface area contributed by atoms with E-state index < -0.39 is 0 Å². The predicted molar refractivity (Wildman–Crippen MR) is 107 cm³/mol. The standard InChI is InChI=1S/C21H22N2O2S/c1-16-19(24)22-21(25)23(15-18-11-6-3-7-12-18)20(16)26-14-8-13-17-9-4-2-5-10-17/h2-7,9-12H,8,13-15H2,1H3,(H,22,24,25). The quantitative estimate of drug-likeness (QED) is 0.395. The Morgan fingerprint density at radius 3 is 2.19 bits per heavy atom. The molecule has 0 aliphatic carbocycles. The summed E-state index contributed by atoms with van der Waals surface area (Å²) >= 11 is 1.58. The first-order valence-corrected chi connectivity index (χ1v) is 9.68. The molecule has 0 saturated heterocycles. The fourth-order valence-corrected chi connectivity index (χ4v) is 3.93. The van der Waals surface area contributed by atoms with Crippen LogP contribution >= 0.6 is 11.8 Å². The van der Waals surface area contributed by atoms with Gasteiger partial charge in [-0.1, -0.05) is 60.7 Å². The molecule has 0 atom stereocenters. The summed E-state index contributed by atoms with van der Waals surface area (Å²) in [6, 6.07) is 20.2. The highest BCUT2D eigenvalue weighted by Gasteiger charge is 2.12. The van der Waals surface area contributed by atoms with E-state index in [2.05, 4.69) is 17.1 Å². The van der Waals surface area contributed by atoms with Gasteiger partial charge >= 0.3 is 5.69 Å². The third-order valence-corrected chi connectivity index (χ3v) is 5.54. The molecule has 134 valence electrons. The summed E-state index contributed by atoms with van der Waals surface area (Å²) in [7, 11) is 0. The monoisotopic (exact) mass is 366 g/mol. The van der Waals surface area contributed by atoms with Crippen molar-refractivity contribution in [1.29, 1.82) is 0 Å². The third kappa shape index (κ3) is 4.55. The number of thioether (sulfide) groups is 1. The lowest BCUT2D eigenvalue weighted by Gasteiger charge is -2.14. The molecule has 0 amide bonds. The predicted octanol–water partition coefficient (Wildman–Crippen LogP) is 3.62. The number of hydrogen-bond donors (Lipinski definition) is 1. The van der Waals surface area contributed by atoms with Gasteiger partial charge in [0.25, 0.3) is 5.56 Å². The molecule has 1 N–H and O–H groups in total. The molecule has 0 aliphatic rings. The second-order valence-corrected chi connectivity index (χ2v) is 7.28. The Balaban J connectivity index is 1.76. The minimum atomic E-state index is -0.352. The van der Waals surface area contributed by atoms with E-state index in [-0.39, 0.29) is 11.2 Å². The molecule has 0 bridgehead atoms. The molecule has 1 aromatic heterocycles. The average molecular weight is 366 g/mol. The summed E-state index contributed by atoms with van der Waals surface area (Å²) in [5.74, 6) is 0.855. The highest BCUT2D eigenvalue weighted by atomic mass is 32.2. The molecule has 0 aliphatic heterocycles. The van der Waals surface area contributed by atoms with Crippen LogP contribution in [0.3, 0.4) is 0 Å². The lowest BCUT2D eigenvalue weighted by Crippen LogP contribution is -2.33. The number of aryl methyl sites for hydroxylation is 1. The zero-order valence-electron chi connectivity index (χ0n) is 14.8. The van der Waals surface area contributed by atoms with Crippen LogP contribution in [0.25, 0.3) is 0 Å². The van der Waals surface area contributed by atoms with Gasteiger partial charge in [0.05, 0.1) is 11.6 Å². The highest BCUT2D eigenvalue weighted by Crippen LogP contribution is 2.21. The summed E-state index contributed by atoms with van der Waals surface area (Å²) in [4.78, 5) is 26.8. The summed E-state index contributed by atoms with van der Waals surface area (Å²) < 4.78 is 1.67. The van der Waals surface area contributed by atoms with E-state index in [4.69, 9.17) is 0 Å². The van der Waals surface area contributed by atoms with E-state index in [0.29, 0.717) is 12.1 Å². The topological polar surface area (TPSA) is 54.9 Å². The van der Waals surface area contributed by atoms with Gasteiger partial charge in [0.15, 0.2) is 0 Å². The third-order valence-electron chi connectivity index (χ3n) is 4.25. The molecule has 1 heterocycles. The maximum absolute atomic E-state index is 12.4. The van der Waals surface area contributed by atoms with Crippen LogP contribution in [0.5, 0.6) is 0 Å². The first-order valence-electron chi connectivity index (χ1n) is 8.69. The van der Waals surface area contributed by atoms with E-state index in [1.54, 1.807) is 23.3 Å². The van der Waals surface area contributed by atoms with E-state index >= 15 is 0 Å². The Bertz CT molecular complexity index is 963. The average Bonchev–Trinajstić information content (AvgIpc) is 2.67. The summed E-state index contributed by atoms with van der Waals surface area (Å²) in [6.45, 7) is 2.23. The van der Waals surface area contributed by atoms with Gasteiger partial charge in [-0.05, 0) is 36.6 Å². The number of aromatic nitrogens is 2. The molecule has 2 aromatic carbocycles. The van der Waals surface area contributed by atoms with Crippen LogP contribution in [0, 0.1) is 6.92 Å². The molecular formula is C21H22N2O2S. The van der Waals surface area contributed by atoms with Crippen molar-refractivity contribution in [2.24, 2.45) is 0 Å². The van der Waals surface area contributed by atoms with E-state index in [1.165, 1.54) is 5.56 Å². The highest BCUT2D eigenvalue weighted by molar-refractivity contribution is 7.99. The van der Waals surface area contributed by atoms with Gasteiger partial charge in [0, 0.05) is 5.56 Å². The van der Waals surface area contributed by atoms with Gasteiger partial charge in [0.1, 0.15) is 0 Å². The van der Waals surface area contributed by atoms with Gasteiger partial charge in [-0.2, -0.15) is 0 Å². The first kappa shape index (κ1) is 18.3. The van der Waals surface area contributed by atoms with Crippen molar-refractivity contribution in [3.05, 3.63) is 98.2 Å². The summed E-state index contributed by atoms with van der Waals surface area (Å²) in [6.07, 6.45) is 1.97. The van der Waals surface area contributed by atoms with E-state index in [1.807, 2.05) is 48.5 Å². The van der Waals surface area contributed by atoms with Crippen LogP contribution in [-0.4, -0.2) is 15.3 Å². The second-order valence-electron chi connectivity index (χ2n) is 6.20. The largest absolute Gasteiger partial charge is 0.329 e. The minimum Gasteiger partial charge on any atom is -0.283 e. The molecular weight excluding hydrogens is 344 g/mol. The fraction of sp³-hybridized carbons (Fsp3) is 0.238. The van der Waals surface area contributed by atoms with Crippen molar-refractivity contribution >= 4 is 11.8 Å². The van der Waals surface area contributed by atoms with Crippen LogP contribution in [0.15, 0.2) is 75.3 Å². The van der Waals surface area contributed by atoms with Crippen LogP contribution in [-0.2, 0) is 13.0 Å². The number of aromatic amines is 1. The van der Waals surface area contributed by atoms with Crippen LogP contribution < -0.4 is 11.2 Å². The Hall–Kier alpha value is -2.53. The number of rotatable bonds is 7. The zero-order chi connectivity index (χ0) is 18.4. The van der Waals surface area contributed by atoms with Crippen molar-refractivity contribution in [2.45, 2.75) is 31.3 Å². The first-order chi connectivity index (χ1) is 12.6. The van der Waals surface area contributed by atoms with Crippen molar-refractivity contribution in [1.82, 2.24) is 9.55 Å². The molecule has 4 nitrogen and oxygen atoms in total.